The van der Waals surface area contributed by atoms with Crippen LogP contribution < -0.4 is 10.1 Å². The lowest BCUT2D eigenvalue weighted by Crippen LogP contribution is -2.34. The van der Waals surface area contributed by atoms with Crippen LogP contribution in [0, 0.1) is 0 Å². The molecule has 1 aromatic heterocycles. The molecule has 0 spiro atoms. The van der Waals surface area contributed by atoms with Crippen molar-refractivity contribution in [2.45, 2.75) is 39.0 Å². The van der Waals surface area contributed by atoms with E-state index in [0.29, 0.717) is 0 Å². The Hall–Kier alpha value is -1.11. The van der Waals surface area contributed by atoms with Crippen LogP contribution in [-0.4, -0.2) is 62.2 Å². The maximum Gasteiger partial charge on any atom is 0.161 e. The van der Waals surface area contributed by atoms with E-state index in [2.05, 4.69) is 43.3 Å². The van der Waals surface area contributed by atoms with Crippen molar-refractivity contribution in [1.29, 1.82) is 0 Å². The number of nitrogens with zero attached hydrogens (tertiary/aromatic N) is 3. The Kier molecular flexibility index (Phi) is 7.71. The molecule has 0 fully saturated rings. The van der Waals surface area contributed by atoms with E-state index < -0.39 is 0 Å². The van der Waals surface area contributed by atoms with Crippen LogP contribution in [0.3, 0.4) is 0 Å². The molecule has 2 unspecified atom stereocenters. The van der Waals surface area contributed by atoms with Gasteiger partial charge in [0.15, 0.2) is 5.75 Å². The molecule has 0 bridgehead atoms. The molecule has 1 aromatic rings. The molecule has 0 amide bonds. The van der Waals surface area contributed by atoms with Gasteiger partial charge in [0.2, 0.25) is 0 Å². The highest BCUT2D eigenvalue weighted by molar-refractivity contribution is 5.29. The monoisotopic (exact) mass is 298 g/mol. The Morgan fingerprint density at radius 2 is 2.10 bits per heavy atom. The van der Waals surface area contributed by atoms with E-state index in [9.17, 15) is 0 Å². The van der Waals surface area contributed by atoms with E-state index in [0.717, 1.165) is 37.5 Å². The second-order valence-corrected chi connectivity index (χ2v) is 5.50. The second-order valence-electron chi connectivity index (χ2n) is 5.50. The molecule has 0 aliphatic rings. The number of hydrogen-bond acceptors (Lipinski definition) is 5. The van der Waals surface area contributed by atoms with Crippen molar-refractivity contribution < 1.29 is 9.47 Å². The smallest absolute Gasteiger partial charge is 0.161 e. The van der Waals surface area contributed by atoms with Gasteiger partial charge in [-0.2, -0.15) is 5.10 Å². The highest BCUT2D eigenvalue weighted by atomic mass is 16.5. The standard InChI is InChI=1S/C15H30N4O2/c1-7-8-16-14(12(2)20-5)15-13(21-6)11-17-19(15)10-9-18(3)4/h11-12,14,16H,7-10H2,1-6H3. The van der Waals surface area contributed by atoms with Gasteiger partial charge in [0.25, 0.3) is 0 Å². The summed E-state index contributed by atoms with van der Waals surface area (Å²) >= 11 is 0. The van der Waals surface area contributed by atoms with Crippen molar-refractivity contribution >= 4 is 0 Å². The van der Waals surface area contributed by atoms with Crippen LogP contribution >= 0.6 is 0 Å². The van der Waals surface area contributed by atoms with Crippen LogP contribution in [0.1, 0.15) is 32.0 Å². The Morgan fingerprint density at radius 3 is 2.62 bits per heavy atom. The van der Waals surface area contributed by atoms with Gasteiger partial charge in [0.05, 0.1) is 37.7 Å². The molecule has 6 heteroatoms. The first-order valence-electron chi connectivity index (χ1n) is 7.55. The van der Waals surface area contributed by atoms with E-state index in [1.54, 1.807) is 20.4 Å². The van der Waals surface area contributed by atoms with E-state index in [-0.39, 0.29) is 12.1 Å². The summed E-state index contributed by atoms with van der Waals surface area (Å²) in [4.78, 5) is 2.15. The third-order valence-corrected chi connectivity index (χ3v) is 3.57. The summed E-state index contributed by atoms with van der Waals surface area (Å²) in [6.45, 7) is 6.91. The van der Waals surface area contributed by atoms with E-state index in [4.69, 9.17) is 9.47 Å². The van der Waals surface area contributed by atoms with Gasteiger partial charge in [-0.3, -0.25) is 4.68 Å². The van der Waals surface area contributed by atoms with Gasteiger partial charge in [-0.25, -0.2) is 0 Å². The van der Waals surface area contributed by atoms with Crippen molar-refractivity contribution in [2.75, 3.05) is 41.4 Å². The Balaban J connectivity index is 3.04. The summed E-state index contributed by atoms with van der Waals surface area (Å²) in [5.41, 5.74) is 1.06. The van der Waals surface area contributed by atoms with Gasteiger partial charge >= 0.3 is 0 Å². The molecule has 0 saturated carbocycles. The number of aromatic nitrogens is 2. The van der Waals surface area contributed by atoms with E-state index >= 15 is 0 Å². The maximum atomic E-state index is 5.54. The SMILES string of the molecule is CCCNC(c1c(OC)cnn1CCN(C)C)C(C)OC. The Bertz CT molecular complexity index is 406. The molecule has 0 aliphatic carbocycles. The summed E-state index contributed by atoms with van der Waals surface area (Å²) in [5.74, 6) is 0.811. The van der Waals surface area contributed by atoms with Gasteiger partial charge in [-0.05, 0) is 34.0 Å². The lowest BCUT2D eigenvalue weighted by Gasteiger charge is -2.26. The summed E-state index contributed by atoms with van der Waals surface area (Å²) in [6.07, 6.45) is 2.90. The average molecular weight is 298 g/mol. The van der Waals surface area contributed by atoms with Gasteiger partial charge in [-0.1, -0.05) is 6.92 Å². The first kappa shape index (κ1) is 17.9. The zero-order chi connectivity index (χ0) is 15.8. The molecule has 1 rings (SSSR count). The summed E-state index contributed by atoms with van der Waals surface area (Å²) in [5, 5.41) is 8.02. The molecule has 1 heterocycles. The molecule has 6 nitrogen and oxygen atoms in total. The topological polar surface area (TPSA) is 51.5 Å². The summed E-state index contributed by atoms with van der Waals surface area (Å²) < 4.78 is 13.1. The molecule has 122 valence electrons. The lowest BCUT2D eigenvalue weighted by molar-refractivity contribution is 0.0788. The highest BCUT2D eigenvalue weighted by Gasteiger charge is 2.26. The fourth-order valence-corrected chi connectivity index (χ4v) is 2.24. The molecule has 2 atom stereocenters. The van der Waals surface area contributed by atoms with Crippen molar-refractivity contribution in [3.63, 3.8) is 0 Å². The third-order valence-electron chi connectivity index (χ3n) is 3.57. The summed E-state index contributed by atoms with van der Waals surface area (Å²) in [7, 11) is 7.54. The van der Waals surface area contributed by atoms with Gasteiger partial charge in [-0.15, -0.1) is 0 Å². The predicted octanol–water partition coefficient (Wildman–Crippen LogP) is 1.53. The molecule has 0 aliphatic heterocycles. The van der Waals surface area contributed by atoms with Crippen molar-refractivity contribution in [2.24, 2.45) is 0 Å². The molecule has 0 aromatic carbocycles. The first-order valence-corrected chi connectivity index (χ1v) is 7.55. The molecule has 0 saturated heterocycles. The lowest BCUT2D eigenvalue weighted by atomic mass is 10.1. The predicted molar refractivity (Wildman–Crippen MR) is 84.8 cm³/mol. The van der Waals surface area contributed by atoms with Gasteiger partial charge in [0, 0.05) is 13.7 Å². The summed E-state index contributed by atoms with van der Waals surface area (Å²) in [6, 6.07) is 0.0644. The largest absolute Gasteiger partial charge is 0.493 e. The zero-order valence-electron chi connectivity index (χ0n) is 14.2. The molecule has 1 N–H and O–H groups in total. The minimum absolute atomic E-state index is 0.0419. The fourth-order valence-electron chi connectivity index (χ4n) is 2.24. The van der Waals surface area contributed by atoms with Crippen molar-refractivity contribution in [1.82, 2.24) is 20.0 Å². The highest BCUT2D eigenvalue weighted by Crippen LogP contribution is 2.28. The van der Waals surface area contributed by atoms with Crippen LogP contribution in [0.15, 0.2) is 6.20 Å². The first-order chi connectivity index (χ1) is 10.0. The molecule has 21 heavy (non-hydrogen) atoms. The van der Waals surface area contributed by atoms with Crippen molar-refractivity contribution in [3.05, 3.63) is 11.9 Å². The van der Waals surface area contributed by atoms with Crippen LogP contribution in [0.5, 0.6) is 5.75 Å². The van der Waals surface area contributed by atoms with Crippen LogP contribution in [0.4, 0.5) is 0 Å². The number of hydrogen-bond donors (Lipinski definition) is 1. The molecule has 0 radical (unpaired) electrons. The quantitative estimate of drug-likeness (QED) is 0.710. The Morgan fingerprint density at radius 1 is 1.38 bits per heavy atom. The number of nitrogens with one attached hydrogen (secondary N) is 1. The van der Waals surface area contributed by atoms with E-state index in [1.165, 1.54) is 0 Å². The average Bonchev–Trinajstić information content (AvgIpc) is 2.88. The molecular formula is C15H30N4O2. The second kappa shape index (κ2) is 9.02. The maximum absolute atomic E-state index is 5.54. The molecular weight excluding hydrogens is 268 g/mol. The fraction of sp³-hybridized carbons (Fsp3) is 0.800. The van der Waals surface area contributed by atoms with Gasteiger partial charge < -0.3 is 19.7 Å². The minimum Gasteiger partial charge on any atom is -0.493 e. The number of rotatable bonds is 10. The number of likely N-dealkylation sites (N-methyl/N-ethyl adjacent to an activating group) is 1. The van der Waals surface area contributed by atoms with Crippen molar-refractivity contribution in [3.8, 4) is 5.75 Å². The number of ether oxygens (including phenoxy) is 2. The third kappa shape index (κ3) is 4.98. The minimum atomic E-state index is 0.0419. The number of methoxy groups -OCH3 is 2. The normalized spacial score (nSPS) is 14.4. The van der Waals surface area contributed by atoms with Crippen LogP contribution in [0.25, 0.3) is 0 Å². The van der Waals surface area contributed by atoms with Crippen LogP contribution in [-0.2, 0) is 11.3 Å². The Labute approximate surface area is 128 Å². The van der Waals surface area contributed by atoms with Crippen LogP contribution in [0.2, 0.25) is 0 Å². The van der Waals surface area contributed by atoms with Gasteiger partial charge in [0.1, 0.15) is 0 Å². The van der Waals surface area contributed by atoms with E-state index in [1.807, 2.05) is 4.68 Å². The zero-order valence-corrected chi connectivity index (χ0v) is 14.2.